The molecule has 0 radical (unpaired) electrons. The molecule has 1 fully saturated rings. The molecular weight excluding hydrogens is 259 g/mol. The van der Waals surface area contributed by atoms with Crippen molar-refractivity contribution in [3.63, 3.8) is 0 Å². The summed E-state index contributed by atoms with van der Waals surface area (Å²) in [5.74, 6) is 0.765. The highest BCUT2D eigenvalue weighted by molar-refractivity contribution is 5.97. The summed E-state index contributed by atoms with van der Waals surface area (Å²) in [6, 6.07) is 3.12. The number of rotatable bonds is 3. The molecule has 0 spiro atoms. The summed E-state index contributed by atoms with van der Waals surface area (Å²) in [5.41, 5.74) is 0.101. The Morgan fingerprint density at radius 2 is 2.21 bits per heavy atom. The van der Waals surface area contributed by atoms with Crippen LogP contribution in [0.4, 0.5) is 18.9 Å². The zero-order valence-electron chi connectivity index (χ0n) is 9.78. The SMILES string of the molecule is C#CC1CC(=O)N(c2ccc(F)cc2OC(F)F)C1. The maximum Gasteiger partial charge on any atom is 0.387 e. The van der Waals surface area contributed by atoms with E-state index < -0.39 is 12.4 Å². The van der Waals surface area contributed by atoms with Gasteiger partial charge in [-0.3, -0.25) is 4.79 Å². The van der Waals surface area contributed by atoms with E-state index in [0.29, 0.717) is 0 Å². The first kappa shape index (κ1) is 13.3. The van der Waals surface area contributed by atoms with Crippen LogP contribution in [0, 0.1) is 24.1 Å². The van der Waals surface area contributed by atoms with Crippen LogP contribution in [-0.2, 0) is 4.79 Å². The van der Waals surface area contributed by atoms with Gasteiger partial charge in [-0.2, -0.15) is 8.78 Å². The molecule has 1 aliphatic rings. The van der Waals surface area contributed by atoms with Gasteiger partial charge in [0.25, 0.3) is 0 Å². The van der Waals surface area contributed by atoms with Crippen LogP contribution in [0.5, 0.6) is 5.75 Å². The second kappa shape index (κ2) is 5.22. The third-order valence-electron chi connectivity index (χ3n) is 2.79. The zero-order chi connectivity index (χ0) is 14.0. The predicted molar refractivity (Wildman–Crippen MR) is 62.3 cm³/mol. The zero-order valence-corrected chi connectivity index (χ0v) is 9.78. The van der Waals surface area contributed by atoms with E-state index in [1.165, 1.54) is 11.0 Å². The summed E-state index contributed by atoms with van der Waals surface area (Å²) in [5, 5.41) is 0. The molecule has 3 nitrogen and oxygen atoms in total. The minimum Gasteiger partial charge on any atom is -0.432 e. The van der Waals surface area contributed by atoms with Crippen LogP contribution in [0.1, 0.15) is 6.42 Å². The lowest BCUT2D eigenvalue weighted by Gasteiger charge is -2.19. The molecule has 0 N–H and O–H groups in total. The first-order chi connectivity index (χ1) is 9.01. The van der Waals surface area contributed by atoms with Crippen LogP contribution >= 0.6 is 0 Å². The summed E-state index contributed by atoms with van der Waals surface area (Å²) in [6.07, 6.45) is 5.38. The van der Waals surface area contributed by atoms with E-state index >= 15 is 0 Å². The van der Waals surface area contributed by atoms with Crippen molar-refractivity contribution in [2.75, 3.05) is 11.4 Å². The lowest BCUT2D eigenvalue weighted by Crippen LogP contribution is -2.25. The van der Waals surface area contributed by atoms with Gasteiger partial charge in [0.15, 0.2) is 5.75 Å². The fourth-order valence-corrected chi connectivity index (χ4v) is 1.95. The first-order valence-electron chi connectivity index (χ1n) is 5.52. The van der Waals surface area contributed by atoms with Crippen LogP contribution in [0.3, 0.4) is 0 Å². The van der Waals surface area contributed by atoms with Gasteiger partial charge in [0.1, 0.15) is 5.82 Å². The number of hydrogen-bond donors (Lipinski definition) is 0. The number of terminal acetylenes is 1. The molecule has 1 aromatic carbocycles. The summed E-state index contributed by atoms with van der Waals surface area (Å²) in [6.45, 7) is -2.89. The van der Waals surface area contributed by atoms with Crippen molar-refractivity contribution in [3.05, 3.63) is 24.0 Å². The Bertz CT molecular complexity index is 539. The van der Waals surface area contributed by atoms with Gasteiger partial charge in [-0.25, -0.2) is 4.39 Å². The van der Waals surface area contributed by atoms with Crippen LogP contribution < -0.4 is 9.64 Å². The average molecular weight is 269 g/mol. The first-order valence-corrected chi connectivity index (χ1v) is 5.52. The number of nitrogens with zero attached hydrogens (tertiary/aromatic N) is 1. The molecule has 1 unspecified atom stereocenters. The molecule has 1 atom stereocenters. The molecule has 2 rings (SSSR count). The van der Waals surface area contributed by atoms with Crippen LogP contribution in [0.2, 0.25) is 0 Å². The quantitative estimate of drug-likeness (QED) is 0.789. The Labute approximate surface area is 108 Å². The highest BCUT2D eigenvalue weighted by Crippen LogP contribution is 2.34. The van der Waals surface area contributed by atoms with Gasteiger partial charge in [-0.1, -0.05) is 0 Å². The molecule has 0 saturated carbocycles. The molecule has 1 saturated heterocycles. The lowest BCUT2D eigenvalue weighted by molar-refractivity contribution is -0.117. The molecule has 0 aromatic heterocycles. The van der Waals surface area contributed by atoms with E-state index in [2.05, 4.69) is 10.7 Å². The number of anilines is 1. The van der Waals surface area contributed by atoms with Gasteiger partial charge in [0, 0.05) is 24.9 Å². The summed E-state index contributed by atoms with van der Waals surface area (Å²) >= 11 is 0. The van der Waals surface area contributed by atoms with E-state index in [4.69, 9.17) is 6.42 Å². The Hall–Kier alpha value is -2.16. The number of hydrogen-bond acceptors (Lipinski definition) is 2. The van der Waals surface area contributed by atoms with Crippen LogP contribution in [0.15, 0.2) is 18.2 Å². The van der Waals surface area contributed by atoms with Crippen LogP contribution in [0.25, 0.3) is 0 Å². The van der Waals surface area contributed by atoms with Crippen LogP contribution in [-0.4, -0.2) is 19.1 Å². The van der Waals surface area contributed by atoms with E-state index in [0.717, 1.165) is 12.1 Å². The smallest absolute Gasteiger partial charge is 0.387 e. The van der Waals surface area contributed by atoms with Crippen molar-refractivity contribution in [2.24, 2.45) is 5.92 Å². The fraction of sp³-hybridized carbons (Fsp3) is 0.308. The van der Waals surface area contributed by atoms with Crippen molar-refractivity contribution in [1.29, 1.82) is 0 Å². The van der Waals surface area contributed by atoms with E-state index in [1.807, 2.05) is 0 Å². The van der Waals surface area contributed by atoms with Gasteiger partial charge in [0.2, 0.25) is 5.91 Å². The summed E-state index contributed by atoms with van der Waals surface area (Å²) in [4.78, 5) is 13.0. The summed E-state index contributed by atoms with van der Waals surface area (Å²) < 4.78 is 41.9. The number of ether oxygens (including phenoxy) is 1. The second-order valence-electron chi connectivity index (χ2n) is 4.06. The van der Waals surface area contributed by atoms with Gasteiger partial charge in [-0.15, -0.1) is 12.3 Å². The molecule has 1 heterocycles. The molecule has 1 aliphatic heterocycles. The Balaban J connectivity index is 2.34. The van der Waals surface area contributed by atoms with Gasteiger partial charge >= 0.3 is 6.61 Å². The van der Waals surface area contributed by atoms with E-state index in [9.17, 15) is 18.0 Å². The predicted octanol–water partition coefficient (Wildman–Crippen LogP) is 2.41. The molecule has 100 valence electrons. The largest absolute Gasteiger partial charge is 0.432 e. The standard InChI is InChI=1S/C13H10F3NO2/c1-2-8-5-12(18)17(7-8)10-4-3-9(14)6-11(10)19-13(15)16/h1,3-4,6,8,13H,5,7H2. The topological polar surface area (TPSA) is 29.5 Å². The maximum absolute atomic E-state index is 13.1. The van der Waals surface area contributed by atoms with E-state index in [-0.39, 0.29) is 36.2 Å². The Kier molecular flexibility index (Phi) is 3.65. The van der Waals surface area contributed by atoms with Gasteiger partial charge in [-0.05, 0) is 12.1 Å². The fourth-order valence-electron chi connectivity index (χ4n) is 1.95. The van der Waals surface area contributed by atoms with E-state index in [1.54, 1.807) is 0 Å². The number of amides is 1. The van der Waals surface area contributed by atoms with Gasteiger partial charge < -0.3 is 9.64 Å². The minimum absolute atomic E-state index is 0.101. The highest BCUT2D eigenvalue weighted by atomic mass is 19.3. The van der Waals surface area contributed by atoms with Gasteiger partial charge in [0.05, 0.1) is 5.69 Å². The normalized spacial score (nSPS) is 18.8. The molecular formula is C13H10F3NO2. The Morgan fingerprint density at radius 1 is 1.47 bits per heavy atom. The summed E-state index contributed by atoms with van der Waals surface area (Å²) in [7, 11) is 0. The number of halogens is 3. The van der Waals surface area contributed by atoms with Crippen molar-refractivity contribution in [3.8, 4) is 18.1 Å². The second-order valence-corrected chi connectivity index (χ2v) is 4.06. The minimum atomic E-state index is -3.10. The monoisotopic (exact) mass is 269 g/mol. The number of carbonyl (C=O) groups excluding carboxylic acids is 1. The lowest BCUT2D eigenvalue weighted by atomic mass is 10.1. The number of benzene rings is 1. The highest BCUT2D eigenvalue weighted by Gasteiger charge is 2.31. The third kappa shape index (κ3) is 2.81. The van der Waals surface area contributed by atoms with Crippen molar-refractivity contribution >= 4 is 11.6 Å². The molecule has 1 amide bonds. The molecule has 6 heteroatoms. The Morgan fingerprint density at radius 3 is 2.79 bits per heavy atom. The number of carbonyl (C=O) groups is 1. The molecule has 0 aliphatic carbocycles. The molecule has 1 aromatic rings. The van der Waals surface area contributed by atoms with Crippen molar-refractivity contribution in [2.45, 2.75) is 13.0 Å². The maximum atomic E-state index is 13.1. The molecule has 19 heavy (non-hydrogen) atoms. The molecule has 0 bridgehead atoms. The van der Waals surface area contributed by atoms with Crippen molar-refractivity contribution < 1.29 is 22.7 Å². The average Bonchev–Trinajstić information content (AvgIpc) is 2.70. The number of alkyl halides is 2. The third-order valence-corrected chi connectivity index (χ3v) is 2.79. The van der Waals surface area contributed by atoms with Crippen molar-refractivity contribution in [1.82, 2.24) is 0 Å².